The van der Waals surface area contributed by atoms with Crippen molar-refractivity contribution in [3.63, 3.8) is 0 Å². The topological polar surface area (TPSA) is 25.4 Å². The first kappa shape index (κ1) is 10.9. The van der Waals surface area contributed by atoms with E-state index in [-0.39, 0.29) is 0 Å². The van der Waals surface area contributed by atoms with Crippen LogP contribution in [0.2, 0.25) is 5.15 Å². The number of hydrogen-bond donors (Lipinski definition) is 0. The largest absolute Gasteiger partial charge is 0.376 e. The van der Waals surface area contributed by atoms with Gasteiger partial charge < -0.3 is 4.74 Å². The summed E-state index contributed by atoms with van der Waals surface area (Å²) in [4.78, 5) is 6.34. The summed E-state index contributed by atoms with van der Waals surface area (Å²) in [7, 11) is 0. The van der Waals surface area contributed by atoms with Gasteiger partial charge in [-0.3, -0.25) is 4.90 Å². The third-order valence-corrected chi connectivity index (χ3v) is 2.73. The van der Waals surface area contributed by atoms with Crippen LogP contribution in [0.3, 0.4) is 0 Å². The predicted octanol–water partition coefficient (Wildman–Crippen LogP) is 1.96. The van der Waals surface area contributed by atoms with Crippen LogP contribution in [-0.2, 0) is 11.3 Å². The van der Waals surface area contributed by atoms with E-state index in [1.807, 2.05) is 12.1 Å². The molecule has 1 aliphatic heterocycles. The van der Waals surface area contributed by atoms with Crippen molar-refractivity contribution in [3.8, 4) is 0 Å². The number of pyridine rings is 1. The second-order valence-corrected chi connectivity index (χ2v) is 4.29. The van der Waals surface area contributed by atoms with E-state index in [0.717, 1.165) is 26.2 Å². The summed E-state index contributed by atoms with van der Waals surface area (Å²) in [5.74, 6) is 0. The van der Waals surface area contributed by atoms with Crippen LogP contribution in [0, 0.1) is 0 Å². The van der Waals surface area contributed by atoms with Crippen LogP contribution in [0.4, 0.5) is 0 Å². The minimum Gasteiger partial charge on any atom is -0.376 e. The van der Waals surface area contributed by atoms with E-state index >= 15 is 0 Å². The Kier molecular flexibility index (Phi) is 3.57. The molecule has 0 N–H and O–H groups in total. The van der Waals surface area contributed by atoms with E-state index in [4.69, 9.17) is 16.3 Å². The van der Waals surface area contributed by atoms with Gasteiger partial charge in [-0.1, -0.05) is 11.6 Å². The van der Waals surface area contributed by atoms with Crippen LogP contribution in [0.5, 0.6) is 0 Å². The summed E-state index contributed by atoms with van der Waals surface area (Å²) >= 11 is 5.84. The van der Waals surface area contributed by atoms with Gasteiger partial charge in [0.25, 0.3) is 0 Å². The zero-order valence-electron chi connectivity index (χ0n) is 8.82. The lowest BCUT2D eigenvalue weighted by atomic mass is 10.2. The Hall–Kier alpha value is -0.640. The minimum absolute atomic E-state index is 0.330. The Labute approximate surface area is 95.0 Å². The van der Waals surface area contributed by atoms with Crippen LogP contribution < -0.4 is 0 Å². The smallest absolute Gasteiger partial charge is 0.129 e. The molecule has 0 spiro atoms. The van der Waals surface area contributed by atoms with Gasteiger partial charge in [0, 0.05) is 25.8 Å². The van der Waals surface area contributed by atoms with Gasteiger partial charge in [-0.25, -0.2) is 4.98 Å². The van der Waals surface area contributed by atoms with E-state index < -0.39 is 0 Å². The summed E-state index contributed by atoms with van der Waals surface area (Å²) in [5, 5.41) is 0.564. The lowest BCUT2D eigenvalue weighted by Gasteiger charge is -2.31. The number of halogens is 1. The van der Waals surface area contributed by atoms with Crippen LogP contribution in [0.1, 0.15) is 12.5 Å². The minimum atomic E-state index is 0.330. The first-order valence-corrected chi connectivity index (χ1v) is 5.56. The molecule has 0 bridgehead atoms. The Morgan fingerprint density at radius 1 is 1.67 bits per heavy atom. The molecule has 1 atom stereocenters. The molecule has 0 aliphatic carbocycles. The van der Waals surface area contributed by atoms with Crippen molar-refractivity contribution in [3.05, 3.63) is 29.0 Å². The molecule has 2 rings (SSSR count). The fourth-order valence-corrected chi connectivity index (χ4v) is 2.03. The van der Waals surface area contributed by atoms with Crippen LogP contribution in [0.25, 0.3) is 0 Å². The highest BCUT2D eigenvalue weighted by Crippen LogP contribution is 2.12. The lowest BCUT2D eigenvalue weighted by Crippen LogP contribution is -2.40. The van der Waals surface area contributed by atoms with E-state index in [9.17, 15) is 0 Å². The quantitative estimate of drug-likeness (QED) is 0.721. The third-order valence-electron chi connectivity index (χ3n) is 2.52. The fraction of sp³-hybridized carbons (Fsp3) is 0.545. The highest BCUT2D eigenvalue weighted by atomic mass is 35.5. The van der Waals surface area contributed by atoms with Gasteiger partial charge in [-0.15, -0.1) is 0 Å². The van der Waals surface area contributed by atoms with Crippen molar-refractivity contribution in [2.45, 2.75) is 19.6 Å². The number of hydrogen-bond acceptors (Lipinski definition) is 3. The van der Waals surface area contributed by atoms with Gasteiger partial charge in [-0.2, -0.15) is 0 Å². The Bertz CT molecular complexity index is 332. The monoisotopic (exact) mass is 226 g/mol. The van der Waals surface area contributed by atoms with Gasteiger partial charge >= 0.3 is 0 Å². The van der Waals surface area contributed by atoms with E-state index in [1.165, 1.54) is 5.56 Å². The van der Waals surface area contributed by atoms with Gasteiger partial charge in [0.2, 0.25) is 0 Å². The van der Waals surface area contributed by atoms with Gasteiger partial charge in [0.1, 0.15) is 5.15 Å². The molecule has 0 radical (unpaired) electrons. The molecule has 1 unspecified atom stereocenters. The lowest BCUT2D eigenvalue weighted by molar-refractivity contribution is -0.0212. The summed E-state index contributed by atoms with van der Waals surface area (Å²) in [6.07, 6.45) is 2.08. The predicted molar refractivity (Wildman–Crippen MR) is 59.9 cm³/mol. The molecule has 82 valence electrons. The van der Waals surface area contributed by atoms with Crippen molar-refractivity contribution < 1.29 is 4.74 Å². The van der Waals surface area contributed by atoms with E-state index in [0.29, 0.717) is 11.3 Å². The molecule has 1 fully saturated rings. The molecule has 1 aliphatic rings. The first-order chi connectivity index (χ1) is 7.24. The molecule has 4 heteroatoms. The number of ether oxygens (including phenoxy) is 1. The van der Waals surface area contributed by atoms with Gasteiger partial charge in [-0.05, 0) is 24.6 Å². The normalized spacial score (nSPS) is 22.9. The molecule has 0 amide bonds. The molecular weight excluding hydrogens is 212 g/mol. The first-order valence-electron chi connectivity index (χ1n) is 5.18. The average Bonchev–Trinajstić information content (AvgIpc) is 2.17. The van der Waals surface area contributed by atoms with Crippen LogP contribution in [0.15, 0.2) is 18.3 Å². The fourth-order valence-electron chi connectivity index (χ4n) is 1.83. The molecule has 3 nitrogen and oxygen atoms in total. The number of nitrogens with zero attached hydrogens (tertiary/aromatic N) is 2. The second-order valence-electron chi connectivity index (χ2n) is 3.90. The Morgan fingerprint density at radius 2 is 2.53 bits per heavy atom. The Morgan fingerprint density at radius 3 is 3.27 bits per heavy atom. The number of aromatic nitrogens is 1. The van der Waals surface area contributed by atoms with Gasteiger partial charge in [0.05, 0.1) is 12.7 Å². The average molecular weight is 227 g/mol. The highest BCUT2D eigenvalue weighted by molar-refractivity contribution is 6.29. The standard InChI is InChI=1S/C11H15ClN2O/c1-9-7-14(4-5-15-9)8-10-2-3-13-11(12)6-10/h2-3,6,9H,4-5,7-8H2,1H3. The SMILES string of the molecule is CC1CN(Cc2ccnc(Cl)c2)CCO1. The maximum absolute atomic E-state index is 5.84. The number of morpholine rings is 1. The summed E-state index contributed by atoms with van der Waals surface area (Å²) in [5.41, 5.74) is 1.21. The Balaban J connectivity index is 1.96. The van der Waals surface area contributed by atoms with Crippen molar-refractivity contribution in [2.24, 2.45) is 0 Å². The highest BCUT2D eigenvalue weighted by Gasteiger charge is 2.16. The molecule has 1 saturated heterocycles. The van der Waals surface area contributed by atoms with Crippen molar-refractivity contribution in [1.82, 2.24) is 9.88 Å². The van der Waals surface area contributed by atoms with E-state index in [1.54, 1.807) is 6.20 Å². The van der Waals surface area contributed by atoms with Crippen LogP contribution >= 0.6 is 11.6 Å². The van der Waals surface area contributed by atoms with Crippen molar-refractivity contribution in [1.29, 1.82) is 0 Å². The maximum atomic E-state index is 5.84. The molecule has 1 aromatic rings. The summed E-state index contributed by atoms with van der Waals surface area (Å²) < 4.78 is 5.49. The number of rotatable bonds is 2. The molecule has 1 aromatic heterocycles. The summed E-state index contributed by atoms with van der Waals surface area (Å²) in [6, 6.07) is 3.92. The third kappa shape index (κ3) is 3.16. The van der Waals surface area contributed by atoms with Crippen molar-refractivity contribution >= 4 is 11.6 Å². The second kappa shape index (κ2) is 4.92. The molecule has 0 aromatic carbocycles. The summed E-state index contributed by atoms with van der Waals surface area (Å²) in [6.45, 7) is 5.83. The molecule has 15 heavy (non-hydrogen) atoms. The van der Waals surface area contributed by atoms with Crippen LogP contribution in [-0.4, -0.2) is 35.7 Å². The molecule has 2 heterocycles. The van der Waals surface area contributed by atoms with E-state index in [2.05, 4.69) is 16.8 Å². The van der Waals surface area contributed by atoms with Crippen molar-refractivity contribution in [2.75, 3.05) is 19.7 Å². The molecule has 0 saturated carbocycles. The maximum Gasteiger partial charge on any atom is 0.129 e. The zero-order chi connectivity index (χ0) is 10.7. The van der Waals surface area contributed by atoms with Gasteiger partial charge in [0.15, 0.2) is 0 Å². The molecular formula is C11H15ClN2O. The zero-order valence-corrected chi connectivity index (χ0v) is 9.57.